The molecule has 0 bridgehead atoms. The van der Waals surface area contributed by atoms with Gasteiger partial charge in [-0.05, 0) is 0 Å². The van der Waals surface area contributed by atoms with Crippen molar-refractivity contribution in [2.75, 3.05) is 6.61 Å². The van der Waals surface area contributed by atoms with Gasteiger partial charge in [-0.2, -0.15) is 0 Å². The van der Waals surface area contributed by atoms with E-state index < -0.39 is 5.67 Å². The van der Waals surface area contributed by atoms with E-state index in [0.29, 0.717) is 12.8 Å². The summed E-state index contributed by atoms with van der Waals surface area (Å²) in [6.07, 6.45) is 0.701. The van der Waals surface area contributed by atoms with E-state index in [9.17, 15) is 4.39 Å². The molecule has 1 saturated carbocycles. The maximum atomic E-state index is 12.6. The second-order valence-corrected chi connectivity index (χ2v) is 2.41. The van der Waals surface area contributed by atoms with Crippen molar-refractivity contribution in [1.29, 1.82) is 0 Å². The number of aliphatic hydroxyl groups excluding tert-OH is 1. The Morgan fingerprint density at radius 2 is 2.25 bits per heavy atom. The smallest absolute Gasteiger partial charge is 0.141 e. The minimum atomic E-state index is -1.31. The summed E-state index contributed by atoms with van der Waals surface area (Å²) in [5.74, 6) is 0. The number of alkyl halides is 1. The van der Waals surface area contributed by atoms with Gasteiger partial charge < -0.3 is 5.11 Å². The van der Waals surface area contributed by atoms with Crippen LogP contribution >= 0.6 is 0 Å². The molecule has 0 saturated heterocycles. The summed E-state index contributed by atoms with van der Waals surface area (Å²) in [5.41, 5.74) is -0.404. The van der Waals surface area contributed by atoms with Crippen molar-refractivity contribution in [3.05, 3.63) is 12.2 Å². The van der Waals surface area contributed by atoms with Crippen molar-refractivity contribution in [2.24, 2.45) is 0 Å². The Morgan fingerprint density at radius 1 is 1.75 bits per heavy atom. The Kier molecular flexibility index (Phi) is 1.12. The highest BCUT2D eigenvalue weighted by Gasteiger charge is 2.38. The van der Waals surface area contributed by atoms with E-state index in [4.69, 9.17) is 5.11 Å². The zero-order chi connectivity index (χ0) is 6.20. The minimum absolute atomic E-state index is 0.351. The van der Waals surface area contributed by atoms with Crippen molar-refractivity contribution in [3.8, 4) is 0 Å². The Balaban J connectivity index is 2.40. The molecule has 0 atom stereocenters. The van der Waals surface area contributed by atoms with Crippen LogP contribution in [0.4, 0.5) is 4.39 Å². The van der Waals surface area contributed by atoms with Gasteiger partial charge in [-0.25, -0.2) is 4.39 Å². The van der Waals surface area contributed by atoms with Crippen molar-refractivity contribution in [3.63, 3.8) is 0 Å². The number of hydrogen-bond acceptors (Lipinski definition) is 1. The lowest BCUT2D eigenvalue weighted by Crippen LogP contribution is -2.37. The van der Waals surface area contributed by atoms with Crippen molar-refractivity contribution >= 4 is 0 Å². The topological polar surface area (TPSA) is 20.2 Å². The van der Waals surface area contributed by atoms with E-state index in [1.807, 2.05) is 0 Å². The lowest BCUT2D eigenvalue weighted by Gasteiger charge is -2.33. The van der Waals surface area contributed by atoms with Gasteiger partial charge in [-0.15, -0.1) is 0 Å². The first kappa shape index (κ1) is 5.76. The second-order valence-electron chi connectivity index (χ2n) is 2.41. The van der Waals surface area contributed by atoms with Gasteiger partial charge in [-0.1, -0.05) is 12.2 Å². The Hall–Kier alpha value is -0.370. The number of hydrogen-bond donors (Lipinski definition) is 1. The van der Waals surface area contributed by atoms with E-state index in [1.165, 1.54) is 0 Å². The van der Waals surface area contributed by atoms with Crippen LogP contribution in [0.1, 0.15) is 12.8 Å². The molecule has 1 fully saturated rings. The average Bonchev–Trinajstić information content (AvgIpc) is 1.63. The average molecular weight is 116 g/mol. The van der Waals surface area contributed by atoms with E-state index in [-0.39, 0.29) is 6.61 Å². The molecule has 0 aromatic rings. The SMILES string of the molecule is C=C1CC(F)(CO)C1. The Labute approximate surface area is 47.8 Å². The quantitative estimate of drug-likeness (QED) is 0.507. The zero-order valence-corrected chi connectivity index (χ0v) is 4.65. The molecule has 0 aromatic heterocycles. The Bertz CT molecular complexity index is 112. The third-order valence-electron chi connectivity index (χ3n) is 1.42. The summed E-state index contributed by atoms with van der Waals surface area (Å²) in [6.45, 7) is 3.20. The molecule has 0 radical (unpaired) electrons. The number of aliphatic hydroxyl groups is 1. The number of rotatable bonds is 1. The maximum Gasteiger partial charge on any atom is 0.141 e. The summed E-state index contributed by atoms with van der Waals surface area (Å²) in [5, 5.41) is 8.35. The zero-order valence-electron chi connectivity index (χ0n) is 4.65. The fraction of sp³-hybridized carbons (Fsp3) is 0.667. The first-order valence-corrected chi connectivity index (χ1v) is 2.63. The highest BCUT2D eigenvalue weighted by Crippen LogP contribution is 2.38. The molecule has 0 spiro atoms. The molecule has 1 aliphatic carbocycles. The molecule has 0 heterocycles. The van der Waals surface area contributed by atoms with E-state index in [0.717, 1.165) is 5.57 Å². The van der Waals surface area contributed by atoms with Gasteiger partial charge in [0.1, 0.15) is 5.67 Å². The lowest BCUT2D eigenvalue weighted by molar-refractivity contribution is 0.0370. The fourth-order valence-corrected chi connectivity index (χ4v) is 0.956. The molecule has 0 aliphatic heterocycles. The predicted octanol–water partition coefficient (Wildman–Crippen LogP) is 1.04. The maximum absolute atomic E-state index is 12.6. The summed E-state index contributed by atoms with van der Waals surface area (Å²) in [4.78, 5) is 0. The molecule has 1 rings (SSSR count). The van der Waals surface area contributed by atoms with Gasteiger partial charge in [0.25, 0.3) is 0 Å². The minimum Gasteiger partial charge on any atom is -0.393 e. The van der Waals surface area contributed by atoms with E-state index in [1.54, 1.807) is 0 Å². The molecular formula is C6H9FO. The third-order valence-corrected chi connectivity index (χ3v) is 1.42. The van der Waals surface area contributed by atoms with Crippen LogP contribution in [0.15, 0.2) is 12.2 Å². The van der Waals surface area contributed by atoms with E-state index in [2.05, 4.69) is 6.58 Å². The molecule has 46 valence electrons. The summed E-state index contributed by atoms with van der Waals surface area (Å²) in [7, 11) is 0. The number of allylic oxidation sites excluding steroid dienone is 1. The second kappa shape index (κ2) is 1.55. The van der Waals surface area contributed by atoms with Crippen LogP contribution < -0.4 is 0 Å². The first-order valence-electron chi connectivity index (χ1n) is 2.63. The van der Waals surface area contributed by atoms with Crippen LogP contribution in [-0.4, -0.2) is 17.4 Å². The van der Waals surface area contributed by atoms with Gasteiger partial charge in [0.2, 0.25) is 0 Å². The molecule has 0 aromatic carbocycles. The Morgan fingerprint density at radius 3 is 2.38 bits per heavy atom. The molecule has 8 heavy (non-hydrogen) atoms. The van der Waals surface area contributed by atoms with Crippen LogP contribution in [0, 0.1) is 0 Å². The van der Waals surface area contributed by atoms with Gasteiger partial charge >= 0.3 is 0 Å². The summed E-state index contributed by atoms with van der Waals surface area (Å²) >= 11 is 0. The standard InChI is InChI=1S/C6H9FO/c1-5-2-6(7,3-5)4-8/h8H,1-4H2. The largest absolute Gasteiger partial charge is 0.393 e. The monoisotopic (exact) mass is 116 g/mol. The van der Waals surface area contributed by atoms with Gasteiger partial charge in [0.05, 0.1) is 6.61 Å². The van der Waals surface area contributed by atoms with Gasteiger partial charge in [0.15, 0.2) is 0 Å². The van der Waals surface area contributed by atoms with Gasteiger partial charge in [-0.3, -0.25) is 0 Å². The lowest BCUT2D eigenvalue weighted by atomic mass is 9.79. The highest BCUT2D eigenvalue weighted by atomic mass is 19.1. The molecule has 1 aliphatic rings. The summed E-state index contributed by atoms with van der Waals surface area (Å²) in [6, 6.07) is 0. The van der Waals surface area contributed by atoms with Gasteiger partial charge in [0, 0.05) is 12.8 Å². The fourth-order valence-electron chi connectivity index (χ4n) is 0.956. The van der Waals surface area contributed by atoms with Crippen LogP contribution in [0.2, 0.25) is 0 Å². The van der Waals surface area contributed by atoms with Crippen LogP contribution in [0.3, 0.4) is 0 Å². The van der Waals surface area contributed by atoms with Crippen molar-refractivity contribution in [2.45, 2.75) is 18.5 Å². The van der Waals surface area contributed by atoms with Crippen molar-refractivity contribution < 1.29 is 9.50 Å². The van der Waals surface area contributed by atoms with E-state index >= 15 is 0 Å². The van der Waals surface area contributed by atoms with Crippen LogP contribution in [0.25, 0.3) is 0 Å². The molecule has 1 N–H and O–H groups in total. The van der Waals surface area contributed by atoms with Crippen molar-refractivity contribution in [1.82, 2.24) is 0 Å². The normalized spacial score (nSPS) is 25.0. The molecule has 1 nitrogen and oxygen atoms in total. The first-order chi connectivity index (χ1) is 3.66. The molecule has 2 heteroatoms. The molecular weight excluding hydrogens is 107 g/mol. The third kappa shape index (κ3) is 0.757. The van der Waals surface area contributed by atoms with Crippen LogP contribution in [0.5, 0.6) is 0 Å². The highest BCUT2D eigenvalue weighted by molar-refractivity contribution is 5.16. The molecule has 0 amide bonds. The summed E-state index contributed by atoms with van der Waals surface area (Å²) < 4.78 is 12.6. The predicted molar refractivity (Wildman–Crippen MR) is 29.3 cm³/mol. The number of halogens is 1. The molecule has 0 unspecified atom stereocenters. The van der Waals surface area contributed by atoms with Crippen LogP contribution in [-0.2, 0) is 0 Å².